The minimum Gasteiger partial charge on any atom is -0.463 e. The van der Waals surface area contributed by atoms with Gasteiger partial charge in [-0.3, -0.25) is 0 Å². The zero-order valence-electron chi connectivity index (χ0n) is 9.17. The van der Waals surface area contributed by atoms with Crippen molar-refractivity contribution in [2.45, 2.75) is 6.92 Å². The van der Waals surface area contributed by atoms with Gasteiger partial charge in [0.1, 0.15) is 0 Å². The third-order valence-corrected chi connectivity index (χ3v) is 2.46. The highest BCUT2D eigenvalue weighted by molar-refractivity contribution is 5.90. The third kappa shape index (κ3) is 1.45. The first-order chi connectivity index (χ1) is 8.29. The average Bonchev–Trinajstić information content (AvgIpc) is 2.74. The molecule has 3 aromatic rings. The summed E-state index contributed by atoms with van der Waals surface area (Å²) in [6.07, 6.45) is 0. The average molecular weight is 230 g/mol. The summed E-state index contributed by atoms with van der Waals surface area (Å²) >= 11 is 0. The molecule has 0 bridgehead atoms. The number of hydrogen-bond donors (Lipinski definition) is 1. The van der Waals surface area contributed by atoms with E-state index in [-0.39, 0.29) is 11.7 Å². The molecule has 0 atom stereocenters. The SMILES string of the molecule is CCOc1nc2c3ccccc3[nH]c(=O)n2n1. The van der Waals surface area contributed by atoms with Crippen molar-refractivity contribution in [2.75, 3.05) is 6.61 Å². The summed E-state index contributed by atoms with van der Waals surface area (Å²) in [5.74, 6) is 0. The molecular formula is C11H10N4O2. The molecule has 0 radical (unpaired) electrons. The Morgan fingerprint density at radius 3 is 3.06 bits per heavy atom. The van der Waals surface area contributed by atoms with Gasteiger partial charge in [0.05, 0.1) is 12.1 Å². The quantitative estimate of drug-likeness (QED) is 0.712. The number of ether oxygens (including phenoxy) is 1. The maximum absolute atomic E-state index is 11.8. The number of nitrogens with one attached hydrogen (secondary N) is 1. The van der Waals surface area contributed by atoms with E-state index in [1.54, 1.807) is 0 Å². The van der Waals surface area contributed by atoms with E-state index in [0.717, 1.165) is 10.9 Å². The van der Waals surface area contributed by atoms with Crippen molar-refractivity contribution in [1.29, 1.82) is 0 Å². The second-order valence-corrected chi connectivity index (χ2v) is 3.54. The predicted octanol–water partition coefficient (Wildman–Crippen LogP) is 0.969. The van der Waals surface area contributed by atoms with Crippen molar-refractivity contribution in [2.24, 2.45) is 0 Å². The van der Waals surface area contributed by atoms with Gasteiger partial charge in [0.2, 0.25) is 0 Å². The standard InChI is InChI=1S/C11H10N4O2/c1-2-17-10-13-9-7-5-3-4-6-8(7)12-11(16)15(9)14-10/h3-6H,2H2,1H3,(H,12,16). The van der Waals surface area contributed by atoms with Crippen LogP contribution in [0.3, 0.4) is 0 Å². The Morgan fingerprint density at radius 1 is 1.41 bits per heavy atom. The van der Waals surface area contributed by atoms with Crippen LogP contribution in [-0.4, -0.2) is 26.2 Å². The molecule has 6 heteroatoms. The molecule has 6 nitrogen and oxygen atoms in total. The Balaban J connectivity index is 2.43. The van der Waals surface area contributed by atoms with Gasteiger partial charge in [0.15, 0.2) is 5.65 Å². The maximum Gasteiger partial charge on any atom is 0.348 e. The Morgan fingerprint density at radius 2 is 2.24 bits per heavy atom. The lowest BCUT2D eigenvalue weighted by Crippen LogP contribution is -2.17. The fraction of sp³-hybridized carbons (Fsp3) is 0.182. The van der Waals surface area contributed by atoms with Gasteiger partial charge in [-0.25, -0.2) is 4.79 Å². The molecule has 3 rings (SSSR count). The first kappa shape index (κ1) is 9.83. The molecule has 0 saturated heterocycles. The van der Waals surface area contributed by atoms with Gasteiger partial charge in [-0.1, -0.05) is 12.1 Å². The molecule has 0 amide bonds. The van der Waals surface area contributed by atoms with E-state index in [9.17, 15) is 4.79 Å². The fourth-order valence-electron chi connectivity index (χ4n) is 1.75. The monoisotopic (exact) mass is 230 g/mol. The van der Waals surface area contributed by atoms with Gasteiger partial charge >= 0.3 is 11.7 Å². The highest BCUT2D eigenvalue weighted by Crippen LogP contribution is 2.16. The molecule has 86 valence electrons. The van der Waals surface area contributed by atoms with Crippen LogP contribution in [0.1, 0.15) is 6.92 Å². The topological polar surface area (TPSA) is 72.3 Å². The summed E-state index contributed by atoms with van der Waals surface area (Å²) in [5.41, 5.74) is 0.922. The molecule has 2 heterocycles. The third-order valence-electron chi connectivity index (χ3n) is 2.46. The molecule has 2 aromatic heterocycles. The first-order valence-corrected chi connectivity index (χ1v) is 5.30. The Bertz CT molecular complexity index is 744. The van der Waals surface area contributed by atoms with Gasteiger partial charge in [-0.15, -0.1) is 5.10 Å². The smallest absolute Gasteiger partial charge is 0.348 e. The van der Waals surface area contributed by atoms with E-state index >= 15 is 0 Å². The van der Waals surface area contributed by atoms with Crippen molar-refractivity contribution < 1.29 is 4.74 Å². The number of H-pyrrole nitrogens is 1. The first-order valence-electron chi connectivity index (χ1n) is 5.30. The number of para-hydroxylation sites is 1. The minimum absolute atomic E-state index is 0.217. The second kappa shape index (κ2) is 3.58. The second-order valence-electron chi connectivity index (χ2n) is 3.54. The molecule has 0 unspecified atom stereocenters. The summed E-state index contributed by atoms with van der Waals surface area (Å²) in [6.45, 7) is 2.31. The Kier molecular flexibility index (Phi) is 2.07. The lowest BCUT2D eigenvalue weighted by molar-refractivity contribution is 0.313. The van der Waals surface area contributed by atoms with E-state index in [2.05, 4.69) is 15.1 Å². The van der Waals surface area contributed by atoms with E-state index in [0.29, 0.717) is 12.3 Å². The van der Waals surface area contributed by atoms with Crippen molar-refractivity contribution in [3.05, 3.63) is 34.7 Å². The van der Waals surface area contributed by atoms with Crippen molar-refractivity contribution >= 4 is 16.6 Å². The predicted molar refractivity (Wildman–Crippen MR) is 62.3 cm³/mol. The summed E-state index contributed by atoms with van der Waals surface area (Å²) in [5, 5.41) is 4.83. The highest BCUT2D eigenvalue weighted by Gasteiger charge is 2.10. The number of nitrogens with zero attached hydrogens (tertiary/aromatic N) is 3. The van der Waals surface area contributed by atoms with Gasteiger partial charge in [-0.2, -0.15) is 9.50 Å². The van der Waals surface area contributed by atoms with Crippen LogP contribution in [0.25, 0.3) is 16.6 Å². The van der Waals surface area contributed by atoms with Crippen molar-refractivity contribution in [3.63, 3.8) is 0 Å². The fourth-order valence-corrected chi connectivity index (χ4v) is 1.75. The summed E-state index contributed by atoms with van der Waals surface area (Å²) < 4.78 is 6.41. The van der Waals surface area contributed by atoms with Gasteiger partial charge < -0.3 is 9.72 Å². The molecule has 0 spiro atoms. The number of aromatic amines is 1. The maximum atomic E-state index is 11.8. The number of rotatable bonds is 2. The van der Waals surface area contributed by atoms with Crippen LogP contribution in [-0.2, 0) is 0 Å². The van der Waals surface area contributed by atoms with Crippen LogP contribution in [0.2, 0.25) is 0 Å². The molecule has 0 aliphatic heterocycles. The number of fused-ring (bicyclic) bond motifs is 3. The number of hydrogen-bond acceptors (Lipinski definition) is 4. The van der Waals surface area contributed by atoms with Gasteiger partial charge in [0, 0.05) is 5.39 Å². The van der Waals surface area contributed by atoms with Crippen LogP contribution in [0, 0.1) is 0 Å². The Labute approximate surface area is 95.9 Å². The number of benzene rings is 1. The lowest BCUT2D eigenvalue weighted by Gasteiger charge is -1.97. The zero-order valence-corrected chi connectivity index (χ0v) is 9.17. The zero-order chi connectivity index (χ0) is 11.8. The lowest BCUT2D eigenvalue weighted by atomic mass is 10.2. The largest absolute Gasteiger partial charge is 0.463 e. The van der Waals surface area contributed by atoms with Crippen LogP contribution in [0.15, 0.2) is 29.1 Å². The van der Waals surface area contributed by atoms with Crippen LogP contribution in [0.5, 0.6) is 6.01 Å². The normalized spacial score (nSPS) is 11.1. The van der Waals surface area contributed by atoms with Gasteiger partial charge in [-0.05, 0) is 19.1 Å². The molecule has 1 aromatic carbocycles. The molecule has 0 saturated carbocycles. The summed E-state index contributed by atoms with van der Waals surface area (Å²) in [7, 11) is 0. The van der Waals surface area contributed by atoms with E-state index in [4.69, 9.17) is 4.74 Å². The molecule has 0 fully saturated rings. The van der Waals surface area contributed by atoms with Crippen LogP contribution < -0.4 is 10.4 Å². The number of aromatic nitrogens is 4. The van der Waals surface area contributed by atoms with Crippen LogP contribution >= 0.6 is 0 Å². The molecule has 0 aliphatic carbocycles. The summed E-state index contributed by atoms with van der Waals surface area (Å²) in [6, 6.07) is 7.66. The van der Waals surface area contributed by atoms with Gasteiger partial charge in [0.25, 0.3) is 0 Å². The molecule has 17 heavy (non-hydrogen) atoms. The Hall–Kier alpha value is -2.37. The van der Waals surface area contributed by atoms with Crippen LogP contribution in [0.4, 0.5) is 0 Å². The highest BCUT2D eigenvalue weighted by atomic mass is 16.5. The van der Waals surface area contributed by atoms with Crippen molar-refractivity contribution in [1.82, 2.24) is 19.6 Å². The molecule has 1 N–H and O–H groups in total. The molecular weight excluding hydrogens is 220 g/mol. The summed E-state index contributed by atoms with van der Waals surface area (Å²) in [4.78, 5) is 18.7. The van der Waals surface area contributed by atoms with E-state index in [1.807, 2.05) is 31.2 Å². The minimum atomic E-state index is -0.322. The van der Waals surface area contributed by atoms with E-state index in [1.165, 1.54) is 4.52 Å². The van der Waals surface area contributed by atoms with Crippen molar-refractivity contribution in [3.8, 4) is 6.01 Å². The molecule has 0 aliphatic rings. The van der Waals surface area contributed by atoms with E-state index < -0.39 is 0 Å².